The molecular formula is C27H25N3O3S. The number of methoxy groups -OCH3 is 1. The summed E-state index contributed by atoms with van der Waals surface area (Å²) in [7, 11) is 1.35. The summed E-state index contributed by atoms with van der Waals surface area (Å²) >= 11 is 1.33. The number of allylic oxidation sites excluding steroid dienone is 1. The van der Waals surface area contributed by atoms with Crippen LogP contribution in [-0.2, 0) is 9.53 Å². The van der Waals surface area contributed by atoms with Crippen molar-refractivity contribution in [1.29, 1.82) is 0 Å². The molecule has 7 heteroatoms. The minimum Gasteiger partial charge on any atom is -0.466 e. The highest BCUT2D eigenvalue weighted by Gasteiger charge is 2.33. The van der Waals surface area contributed by atoms with Crippen LogP contribution in [0.15, 0.2) is 75.8 Å². The van der Waals surface area contributed by atoms with Crippen LogP contribution in [0.4, 0.5) is 0 Å². The van der Waals surface area contributed by atoms with E-state index in [1.807, 2.05) is 60.8 Å². The summed E-state index contributed by atoms with van der Waals surface area (Å²) in [5.74, 6) is -0.102. The van der Waals surface area contributed by atoms with Crippen molar-refractivity contribution < 1.29 is 9.53 Å². The van der Waals surface area contributed by atoms with Crippen molar-refractivity contribution in [3.63, 3.8) is 0 Å². The molecule has 0 bridgehead atoms. The van der Waals surface area contributed by atoms with Gasteiger partial charge in [0.2, 0.25) is 0 Å². The molecule has 1 aliphatic rings. The van der Waals surface area contributed by atoms with Crippen LogP contribution in [0.25, 0.3) is 17.0 Å². The summed E-state index contributed by atoms with van der Waals surface area (Å²) in [5, 5.41) is 1.04. The molecular weight excluding hydrogens is 446 g/mol. The maximum absolute atomic E-state index is 13.7. The number of esters is 1. The average molecular weight is 472 g/mol. The smallest absolute Gasteiger partial charge is 0.338 e. The van der Waals surface area contributed by atoms with Crippen LogP contribution in [0.1, 0.15) is 49.4 Å². The number of para-hydroxylation sites is 1. The molecule has 1 atom stereocenters. The number of thiazole rings is 1. The predicted molar refractivity (Wildman–Crippen MR) is 135 cm³/mol. The lowest BCUT2D eigenvalue weighted by molar-refractivity contribution is -0.136. The molecule has 0 amide bonds. The lowest BCUT2D eigenvalue weighted by atomic mass is 9.93. The fourth-order valence-electron chi connectivity index (χ4n) is 4.43. The number of carbonyl (C=O) groups excluding carboxylic acids is 1. The Morgan fingerprint density at radius 2 is 1.91 bits per heavy atom. The maximum atomic E-state index is 13.7. The van der Waals surface area contributed by atoms with E-state index in [2.05, 4.69) is 23.8 Å². The van der Waals surface area contributed by atoms with Crippen LogP contribution in [0.5, 0.6) is 0 Å². The summed E-state index contributed by atoms with van der Waals surface area (Å²) in [6.45, 7) is 6.05. The monoisotopic (exact) mass is 471 g/mol. The summed E-state index contributed by atoms with van der Waals surface area (Å²) in [6.07, 6.45) is 3.79. The Bertz CT molecular complexity index is 1620. The van der Waals surface area contributed by atoms with E-state index in [1.54, 1.807) is 11.5 Å². The lowest BCUT2D eigenvalue weighted by Crippen LogP contribution is -2.39. The molecule has 1 N–H and O–H groups in total. The van der Waals surface area contributed by atoms with E-state index in [1.165, 1.54) is 24.0 Å². The number of aromatic amines is 1. The molecule has 2 aromatic heterocycles. The van der Waals surface area contributed by atoms with Crippen LogP contribution < -0.4 is 14.9 Å². The van der Waals surface area contributed by atoms with E-state index < -0.39 is 12.0 Å². The number of hydrogen-bond donors (Lipinski definition) is 1. The fourth-order valence-corrected chi connectivity index (χ4v) is 5.46. The number of benzene rings is 2. The highest BCUT2D eigenvalue weighted by molar-refractivity contribution is 7.07. The Morgan fingerprint density at radius 1 is 1.18 bits per heavy atom. The second kappa shape index (κ2) is 8.57. The van der Waals surface area contributed by atoms with E-state index in [0.717, 1.165) is 22.0 Å². The molecule has 5 rings (SSSR count). The summed E-state index contributed by atoms with van der Waals surface area (Å²) < 4.78 is 7.27. The van der Waals surface area contributed by atoms with Crippen LogP contribution in [0, 0.1) is 0 Å². The average Bonchev–Trinajstić information content (AvgIpc) is 3.38. The number of hydrogen-bond acceptors (Lipinski definition) is 5. The van der Waals surface area contributed by atoms with Crippen molar-refractivity contribution >= 4 is 34.3 Å². The first-order chi connectivity index (χ1) is 16.4. The van der Waals surface area contributed by atoms with Gasteiger partial charge in [-0.1, -0.05) is 67.6 Å². The molecule has 0 saturated heterocycles. The number of ether oxygens (including phenoxy) is 1. The van der Waals surface area contributed by atoms with Crippen LogP contribution in [0.2, 0.25) is 0 Å². The molecule has 0 spiro atoms. The Labute approximate surface area is 200 Å². The van der Waals surface area contributed by atoms with Crippen molar-refractivity contribution in [2.45, 2.75) is 32.7 Å². The van der Waals surface area contributed by atoms with Gasteiger partial charge in [-0.05, 0) is 36.1 Å². The van der Waals surface area contributed by atoms with Gasteiger partial charge in [-0.25, -0.2) is 9.79 Å². The zero-order chi connectivity index (χ0) is 24.0. The molecule has 0 unspecified atom stereocenters. The Hall–Kier alpha value is -3.71. The van der Waals surface area contributed by atoms with Gasteiger partial charge in [0.05, 0.1) is 29.0 Å². The number of nitrogens with zero attached hydrogens (tertiary/aromatic N) is 2. The van der Waals surface area contributed by atoms with Crippen molar-refractivity contribution in [2.24, 2.45) is 4.99 Å². The summed E-state index contributed by atoms with van der Waals surface area (Å²) in [4.78, 5) is 34.9. The quantitative estimate of drug-likeness (QED) is 0.457. The molecule has 2 aromatic carbocycles. The first kappa shape index (κ1) is 22.1. The minimum absolute atomic E-state index is 0.180. The first-order valence-corrected chi connectivity index (χ1v) is 12.0. The van der Waals surface area contributed by atoms with E-state index in [-0.39, 0.29) is 5.56 Å². The molecule has 172 valence electrons. The Balaban J connectivity index is 1.73. The highest BCUT2D eigenvalue weighted by Crippen LogP contribution is 2.31. The standard InChI is InChI=1S/C27H25N3O3S/c1-15(2)17-9-11-18(12-10-17)24-23(26(32)33-4)16(3)29-27-30(24)25(31)22(34-27)13-19-14-28-21-8-6-5-7-20(19)21/h5-15,24,28H,1-4H3/b22-13-/t24-/m1/s1. The maximum Gasteiger partial charge on any atom is 0.338 e. The van der Waals surface area contributed by atoms with Crippen LogP contribution >= 0.6 is 11.3 Å². The molecule has 4 aromatic rings. The molecule has 0 fully saturated rings. The second-order valence-electron chi connectivity index (χ2n) is 8.68. The largest absolute Gasteiger partial charge is 0.466 e. The van der Waals surface area contributed by atoms with E-state index in [4.69, 9.17) is 4.74 Å². The fraction of sp³-hybridized carbons (Fsp3) is 0.222. The zero-order valence-electron chi connectivity index (χ0n) is 19.5. The third kappa shape index (κ3) is 3.62. The number of nitrogens with one attached hydrogen (secondary N) is 1. The third-order valence-electron chi connectivity index (χ3n) is 6.25. The first-order valence-electron chi connectivity index (χ1n) is 11.2. The number of H-pyrrole nitrogens is 1. The second-order valence-corrected chi connectivity index (χ2v) is 9.69. The number of rotatable bonds is 4. The van der Waals surface area contributed by atoms with Crippen LogP contribution in [-0.4, -0.2) is 22.6 Å². The Kier molecular flexibility index (Phi) is 5.57. The van der Waals surface area contributed by atoms with Crippen molar-refractivity contribution in [3.05, 3.63) is 102 Å². The third-order valence-corrected chi connectivity index (χ3v) is 7.24. The predicted octanol–water partition coefficient (Wildman–Crippen LogP) is 4.01. The molecule has 0 saturated carbocycles. The van der Waals surface area contributed by atoms with Gasteiger partial charge < -0.3 is 9.72 Å². The van der Waals surface area contributed by atoms with Crippen molar-refractivity contribution in [3.8, 4) is 0 Å². The molecule has 0 aliphatic carbocycles. The highest BCUT2D eigenvalue weighted by atomic mass is 32.1. The van der Waals surface area contributed by atoms with E-state index in [0.29, 0.717) is 26.5 Å². The van der Waals surface area contributed by atoms with Gasteiger partial charge in [0.1, 0.15) is 0 Å². The van der Waals surface area contributed by atoms with Gasteiger partial charge in [0, 0.05) is 22.7 Å². The molecule has 1 aliphatic heterocycles. The SMILES string of the molecule is COC(=O)C1=C(C)N=c2s/c(=C\c3c[nH]c4ccccc34)c(=O)n2[C@@H]1c1ccc(C(C)C)cc1. The molecule has 6 nitrogen and oxygen atoms in total. The van der Waals surface area contributed by atoms with Gasteiger partial charge in [-0.3, -0.25) is 9.36 Å². The van der Waals surface area contributed by atoms with Gasteiger partial charge in [0.15, 0.2) is 4.80 Å². The molecule has 0 radical (unpaired) electrons. The van der Waals surface area contributed by atoms with Gasteiger partial charge in [-0.15, -0.1) is 0 Å². The normalized spacial score (nSPS) is 16.1. The van der Waals surface area contributed by atoms with Gasteiger partial charge >= 0.3 is 5.97 Å². The van der Waals surface area contributed by atoms with Crippen molar-refractivity contribution in [1.82, 2.24) is 9.55 Å². The number of carbonyl (C=O) groups is 1. The lowest BCUT2D eigenvalue weighted by Gasteiger charge is -2.24. The van der Waals surface area contributed by atoms with E-state index in [9.17, 15) is 9.59 Å². The topological polar surface area (TPSA) is 76.4 Å². The zero-order valence-corrected chi connectivity index (χ0v) is 20.3. The summed E-state index contributed by atoms with van der Waals surface area (Å²) in [5.41, 5.74) is 4.74. The van der Waals surface area contributed by atoms with Gasteiger partial charge in [0.25, 0.3) is 5.56 Å². The van der Waals surface area contributed by atoms with E-state index >= 15 is 0 Å². The Morgan fingerprint density at radius 3 is 2.62 bits per heavy atom. The molecule has 34 heavy (non-hydrogen) atoms. The summed E-state index contributed by atoms with van der Waals surface area (Å²) in [6, 6.07) is 15.4. The minimum atomic E-state index is -0.602. The van der Waals surface area contributed by atoms with Crippen LogP contribution in [0.3, 0.4) is 0 Å². The van der Waals surface area contributed by atoms with Crippen molar-refractivity contribution in [2.75, 3.05) is 7.11 Å². The number of aromatic nitrogens is 2. The van der Waals surface area contributed by atoms with Gasteiger partial charge in [-0.2, -0.15) is 0 Å². The molecule has 3 heterocycles. The number of fused-ring (bicyclic) bond motifs is 2.